The van der Waals surface area contributed by atoms with Crippen molar-refractivity contribution >= 4 is 11.6 Å². The maximum atomic E-state index is 12.4. The molecule has 1 aliphatic rings. The van der Waals surface area contributed by atoms with E-state index in [-0.39, 0.29) is 11.3 Å². The van der Waals surface area contributed by atoms with Gasteiger partial charge < -0.3 is 10.6 Å². The van der Waals surface area contributed by atoms with E-state index in [2.05, 4.69) is 90.9 Å². The third kappa shape index (κ3) is 6.87. The number of carbonyl (C=O) groups excluding carboxylic acids is 1. The summed E-state index contributed by atoms with van der Waals surface area (Å²) in [5.41, 5.74) is 6.20. The third-order valence-electron chi connectivity index (χ3n) is 7.92. The maximum absolute atomic E-state index is 12.4. The Balaban J connectivity index is 1.28. The average molecular weight is 481 g/mol. The van der Waals surface area contributed by atoms with Crippen molar-refractivity contribution in [3.63, 3.8) is 0 Å². The molecule has 2 N–H and O–H groups in total. The molecule has 3 nitrogen and oxygen atoms in total. The molecule has 0 saturated heterocycles. The van der Waals surface area contributed by atoms with E-state index in [9.17, 15) is 4.79 Å². The van der Waals surface area contributed by atoms with Gasteiger partial charge in [-0.25, -0.2) is 0 Å². The van der Waals surface area contributed by atoms with Gasteiger partial charge in [0, 0.05) is 30.6 Å². The zero-order chi connectivity index (χ0) is 25.2. The van der Waals surface area contributed by atoms with Crippen LogP contribution < -0.4 is 10.6 Å². The van der Waals surface area contributed by atoms with Crippen LogP contribution in [-0.2, 0) is 16.6 Å². The van der Waals surface area contributed by atoms with Gasteiger partial charge in [0.15, 0.2) is 0 Å². The number of hydrogen-bond donors (Lipinski definition) is 2. The molecule has 3 aromatic rings. The van der Waals surface area contributed by atoms with E-state index >= 15 is 0 Å². The second kappa shape index (κ2) is 12.6. The van der Waals surface area contributed by atoms with Crippen LogP contribution in [0.2, 0.25) is 0 Å². The van der Waals surface area contributed by atoms with Crippen LogP contribution in [0.4, 0.5) is 0 Å². The van der Waals surface area contributed by atoms with Crippen LogP contribution in [0, 0.1) is 12.8 Å². The summed E-state index contributed by atoms with van der Waals surface area (Å²) in [4.78, 5) is 12.4. The fourth-order valence-electron chi connectivity index (χ4n) is 5.58. The van der Waals surface area contributed by atoms with Crippen molar-refractivity contribution in [1.82, 2.24) is 10.6 Å². The number of nitrogens with one attached hydrogen (secondary N) is 2. The molecule has 188 valence electrons. The predicted molar refractivity (Wildman–Crippen MR) is 151 cm³/mol. The monoisotopic (exact) mass is 480 g/mol. The maximum Gasteiger partial charge on any atom is 0.220 e. The summed E-state index contributed by atoms with van der Waals surface area (Å²) in [6.07, 6.45) is 7.06. The Morgan fingerprint density at radius 1 is 0.889 bits per heavy atom. The lowest BCUT2D eigenvalue weighted by Crippen LogP contribution is -2.41. The number of amides is 1. The highest BCUT2D eigenvalue weighted by Gasteiger charge is 2.36. The smallest absolute Gasteiger partial charge is 0.220 e. The van der Waals surface area contributed by atoms with Gasteiger partial charge in [-0.15, -0.1) is 0 Å². The highest BCUT2D eigenvalue weighted by Crippen LogP contribution is 2.42. The van der Waals surface area contributed by atoms with Crippen molar-refractivity contribution in [1.29, 1.82) is 0 Å². The zero-order valence-electron chi connectivity index (χ0n) is 21.6. The minimum absolute atomic E-state index is 0.0985. The Kier molecular flexibility index (Phi) is 9.00. The number of rotatable bonds is 11. The van der Waals surface area contributed by atoms with Crippen LogP contribution in [0.3, 0.4) is 0 Å². The van der Waals surface area contributed by atoms with Crippen LogP contribution in [0.1, 0.15) is 60.8 Å². The summed E-state index contributed by atoms with van der Waals surface area (Å²) < 4.78 is 0. The van der Waals surface area contributed by atoms with Gasteiger partial charge in [-0.05, 0) is 73.6 Å². The van der Waals surface area contributed by atoms with E-state index in [0.29, 0.717) is 18.9 Å². The Morgan fingerprint density at radius 3 is 2.22 bits per heavy atom. The average Bonchev–Trinajstić information content (AvgIpc) is 2.92. The Morgan fingerprint density at radius 2 is 1.53 bits per heavy atom. The molecule has 1 amide bonds. The first kappa shape index (κ1) is 25.8. The topological polar surface area (TPSA) is 41.1 Å². The molecular weight excluding hydrogens is 440 g/mol. The molecular formula is C33H40N2O. The quantitative estimate of drug-likeness (QED) is 0.316. The SMILES string of the molecule is C=C(NCC1(c2ccccc2)CCC(CCC(=O)NCCc2ccccc2)CC1)c1ccccc1C. The Hall–Kier alpha value is -3.33. The summed E-state index contributed by atoms with van der Waals surface area (Å²) in [5.74, 6) is 0.795. The van der Waals surface area contributed by atoms with E-state index in [4.69, 9.17) is 0 Å². The van der Waals surface area contributed by atoms with Crippen LogP contribution in [0.25, 0.3) is 5.70 Å². The summed E-state index contributed by atoms with van der Waals surface area (Å²) in [6.45, 7) is 8.08. The molecule has 3 aromatic carbocycles. The van der Waals surface area contributed by atoms with Crippen molar-refractivity contribution < 1.29 is 4.79 Å². The highest BCUT2D eigenvalue weighted by molar-refractivity contribution is 5.75. The van der Waals surface area contributed by atoms with E-state index in [1.807, 2.05) is 18.2 Å². The van der Waals surface area contributed by atoms with E-state index in [0.717, 1.165) is 50.8 Å². The van der Waals surface area contributed by atoms with Gasteiger partial charge >= 0.3 is 0 Å². The van der Waals surface area contributed by atoms with Gasteiger partial charge in [0.25, 0.3) is 0 Å². The van der Waals surface area contributed by atoms with Gasteiger partial charge in [-0.2, -0.15) is 0 Å². The van der Waals surface area contributed by atoms with Crippen LogP contribution in [0.15, 0.2) is 91.5 Å². The molecule has 0 radical (unpaired) electrons. The number of hydrogen-bond acceptors (Lipinski definition) is 2. The molecule has 0 aromatic heterocycles. The lowest BCUT2D eigenvalue weighted by atomic mass is 9.66. The molecule has 0 heterocycles. The fourth-order valence-corrected chi connectivity index (χ4v) is 5.58. The molecule has 0 unspecified atom stereocenters. The predicted octanol–water partition coefficient (Wildman–Crippen LogP) is 6.82. The molecule has 0 bridgehead atoms. The number of carbonyl (C=O) groups is 1. The molecule has 1 saturated carbocycles. The lowest BCUT2D eigenvalue weighted by molar-refractivity contribution is -0.121. The molecule has 4 rings (SSSR count). The fraction of sp³-hybridized carbons (Fsp3) is 0.364. The molecule has 1 aliphatic carbocycles. The molecule has 36 heavy (non-hydrogen) atoms. The van der Waals surface area contributed by atoms with Gasteiger partial charge in [0.05, 0.1) is 0 Å². The third-order valence-corrected chi connectivity index (χ3v) is 7.92. The molecule has 0 atom stereocenters. The molecule has 3 heteroatoms. The van der Waals surface area contributed by atoms with Gasteiger partial charge in [-0.3, -0.25) is 4.79 Å². The van der Waals surface area contributed by atoms with Crippen molar-refractivity contribution in [2.24, 2.45) is 5.92 Å². The molecule has 1 fully saturated rings. The summed E-state index contributed by atoms with van der Waals surface area (Å²) >= 11 is 0. The van der Waals surface area contributed by atoms with Gasteiger partial charge in [-0.1, -0.05) is 91.5 Å². The standard InChI is InChI=1S/C33H40N2O/c1-26-11-9-10-16-31(26)27(2)35-25-33(30-14-7-4-8-15-30)22-19-29(20-23-33)17-18-32(36)34-24-21-28-12-5-3-6-13-28/h3-16,29,35H,2,17-25H2,1H3,(H,34,36). The molecule has 0 spiro atoms. The van der Waals surface area contributed by atoms with Crippen LogP contribution in [0.5, 0.6) is 0 Å². The largest absolute Gasteiger partial charge is 0.384 e. The van der Waals surface area contributed by atoms with Crippen molar-refractivity contribution in [3.05, 3.63) is 114 Å². The highest BCUT2D eigenvalue weighted by atomic mass is 16.1. The number of benzene rings is 3. The van der Waals surface area contributed by atoms with Crippen molar-refractivity contribution in [2.75, 3.05) is 13.1 Å². The van der Waals surface area contributed by atoms with E-state index < -0.39 is 0 Å². The lowest BCUT2D eigenvalue weighted by Gasteiger charge is -2.41. The normalized spacial score (nSPS) is 19.4. The second-order valence-electron chi connectivity index (χ2n) is 10.4. The second-order valence-corrected chi connectivity index (χ2v) is 10.4. The minimum Gasteiger partial charge on any atom is -0.384 e. The Bertz CT molecular complexity index is 1110. The van der Waals surface area contributed by atoms with Crippen LogP contribution >= 0.6 is 0 Å². The van der Waals surface area contributed by atoms with Crippen LogP contribution in [-0.4, -0.2) is 19.0 Å². The van der Waals surface area contributed by atoms with Gasteiger partial charge in [0.2, 0.25) is 5.91 Å². The van der Waals surface area contributed by atoms with E-state index in [1.165, 1.54) is 22.3 Å². The number of aryl methyl sites for hydroxylation is 1. The van der Waals surface area contributed by atoms with Crippen molar-refractivity contribution in [3.8, 4) is 0 Å². The first-order valence-corrected chi connectivity index (χ1v) is 13.4. The first-order chi connectivity index (χ1) is 17.6. The van der Waals surface area contributed by atoms with E-state index in [1.54, 1.807) is 0 Å². The van der Waals surface area contributed by atoms with Crippen molar-refractivity contribution in [2.45, 2.75) is 57.3 Å². The molecule has 0 aliphatic heterocycles. The minimum atomic E-state index is 0.0985. The summed E-state index contributed by atoms with van der Waals surface area (Å²) in [7, 11) is 0. The van der Waals surface area contributed by atoms with Gasteiger partial charge in [0.1, 0.15) is 0 Å². The summed E-state index contributed by atoms with van der Waals surface area (Å²) in [5, 5.41) is 6.80. The summed E-state index contributed by atoms with van der Waals surface area (Å²) in [6, 6.07) is 29.7. The Labute approximate surface area is 217 Å². The zero-order valence-corrected chi connectivity index (χ0v) is 21.6. The first-order valence-electron chi connectivity index (χ1n) is 13.4.